The third-order valence-electron chi connectivity index (χ3n) is 2.07. The molecule has 9 nitrogen and oxygen atoms in total. The molecule has 0 aliphatic carbocycles. The van der Waals surface area contributed by atoms with Crippen LogP contribution < -0.4 is 11.1 Å². The van der Waals surface area contributed by atoms with Gasteiger partial charge in [-0.25, -0.2) is 9.61 Å². The highest BCUT2D eigenvalue weighted by atomic mass is 16.6. The number of hydrogen-bond donors (Lipinski definition) is 3. The number of nitrogens with two attached hydrogens (primary N) is 1. The number of carbonyl (C=O) groups is 1. The normalized spacial score (nSPS) is 10.4. The molecule has 0 atom stereocenters. The fraction of sp³-hybridized carbons (Fsp3) is 0.375. The summed E-state index contributed by atoms with van der Waals surface area (Å²) < 4.78 is 4.32. The molecule has 1 amide bonds. The van der Waals surface area contributed by atoms with Crippen LogP contribution in [-0.2, 0) is 6.42 Å². The predicted octanol–water partition coefficient (Wildman–Crippen LogP) is -0.868. The van der Waals surface area contributed by atoms with Crippen molar-refractivity contribution in [3.05, 3.63) is 17.8 Å². The van der Waals surface area contributed by atoms with Crippen LogP contribution in [0.3, 0.4) is 0 Å². The van der Waals surface area contributed by atoms with Crippen LogP contribution in [0, 0.1) is 0 Å². The first-order chi connectivity index (χ1) is 8.27. The molecule has 0 fully saturated rings. The Morgan fingerprint density at radius 3 is 3.06 bits per heavy atom. The number of aryl methyl sites for hydroxylation is 1. The van der Waals surface area contributed by atoms with Gasteiger partial charge in [0, 0.05) is 13.0 Å². The van der Waals surface area contributed by atoms with Crippen molar-refractivity contribution in [3.63, 3.8) is 0 Å². The quantitative estimate of drug-likeness (QED) is 0.575. The van der Waals surface area contributed by atoms with Crippen LogP contribution in [0.5, 0.6) is 0 Å². The van der Waals surface area contributed by atoms with Crippen molar-refractivity contribution < 1.29 is 9.42 Å². The second-order valence-corrected chi connectivity index (χ2v) is 3.29. The lowest BCUT2D eigenvalue weighted by molar-refractivity contribution is 0.0944. The SMILES string of the molecule is Nc1nonc1C(=O)NCCCc1ncn[nH]1. The van der Waals surface area contributed by atoms with Crippen LogP contribution in [0.25, 0.3) is 0 Å². The van der Waals surface area contributed by atoms with E-state index in [1.165, 1.54) is 6.33 Å². The molecule has 0 bridgehead atoms. The number of nitrogens with zero attached hydrogens (tertiary/aromatic N) is 4. The van der Waals surface area contributed by atoms with E-state index >= 15 is 0 Å². The van der Waals surface area contributed by atoms with Crippen molar-refractivity contribution in [1.82, 2.24) is 30.8 Å². The van der Waals surface area contributed by atoms with Gasteiger partial charge in [-0.3, -0.25) is 9.89 Å². The summed E-state index contributed by atoms with van der Waals surface area (Å²) in [5.41, 5.74) is 5.38. The monoisotopic (exact) mass is 237 g/mol. The van der Waals surface area contributed by atoms with Crippen molar-refractivity contribution in [2.75, 3.05) is 12.3 Å². The standard InChI is InChI=1S/C8H11N7O2/c9-7-6(14-17-15-7)8(16)10-3-1-2-5-11-4-12-13-5/h4H,1-3H2,(H2,9,15)(H,10,16)(H,11,12,13). The first-order valence-electron chi connectivity index (χ1n) is 4.98. The first-order valence-corrected chi connectivity index (χ1v) is 4.98. The van der Waals surface area contributed by atoms with Gasteiger partial charge in [0.15, 0.2) is 0 Å². The van der Waals surface area contributed by atoms with Crippen LogP contribution in [-0.4, -0.2) is 37.9 Å². The zero-order chi connectivity index (χ0) is 12.1. The second kappa shape index (κ2) is 5.05. The van der Waals surface area contributed by atoms with Crippen LogP contribution in [0.1, 0.15) is 22.7 Å². The van der Waals surface area contributed by atoms with E-state index in [0.29, 0.717) is 13.0 Å². The molecular weight excluding hydrogens is 226 g/mol. The summed E-state index contributed by atoms with van der Waals surface area (Å²) in [6.07, 6.45) is 2.87. The molecule has 2 aromatic rings. The highest BCUT2D eigenvalue weighted by Crippen LogP contribution is 2.03. The molecule has 2 heterocycles. The molecule has 17 heavy (non-hydrogen) atoms. The largest absolute Gasteiger partial charge is 0.379 e. The Kier molecular flexibility index (Phi) is 3.28. The van der Waals surface area contributed by atoms with Gasteiger partial charge in [-0.2, -0.15) is 5.10 Å². The Morgan fingerprint density at radius 2 is 2.41 bits per heavy atom. The number of nitrogen functional groups attached to an aromatic ring is 1. The number of aromatic amines is 1. The minimum Gasteiger partial charge on any atom is -0.379 e. The summed E-state index contributed by atoms with van der Waals surface area (Å²) in [7, 11) is 0. The maximum Gasteiger partial charge on any atom is 0.277 e. The lowest BCUT2D eigenvalue weighted by Gasteiger charge is -2.01. The molecule has 2 rings (SSSR count). The molecule has 4 N–H and O–H groups in total. The number of nitrogens with one attached hydrogen (secondary N) is 2. The van der Waals surface area contributed by atoms with Crippen LogP contribution in [0.2, 0.25) is 0 Å². The number of hydrogen-bond acceptors (Lipinski definition) is 7. The van der Waals surface area contributed by atoms with Gasteiger partial charge in [-0.1, -0.05) is 0 Å². The molecule has 9 heteroatoms. The van der Waals surface area contributed by atoms with Crippen molar-refractivity contribution >= 4 is 11.7 Å². The van der Waals surface area contributed by atoms with Gasteiger partial charge in [0.05, 0.1) is 0 Å². The molecular formula is C8H11N7O2. The average molecular weight is 237 g/mol. The number of amides is 1. The molecule has 0 spiro atoms. The smallest absolute Gasteiger partial charge is 0.277 e. The lowest BCUT2D eigenvalue weighted by atomic mass is 10.3. The summed E-state index contributed by atoms with van der Waals surface area (Å²) in [4.78, 5) is 15.5. The minimum atomic E-state index is -0.402. The summed E-state index contributed by atoms with van der Waals surface area (Å²) in [5.74, 6) is 0.362. The zero-order valence-corrected chi connectivity index (χ0v) is 8.88. The fourth-order valence-electron chi connectivity index (χ4n) is 1.25. The summed E-state index contributed by atoms with van der Waals surface area (Å²) in [6.45, 7) is 0.478. The van der Waals surface area contributed by atoms with E-state index in [2.05, 4.69) is 35.4 Å². The van der Waals surface area contributed by atoms with Gasteiger partial charge in [0.1, 0.15) is 12.2 Å². The molecule has 0 aliphatic heterocycles. The molecule has 0 aromatic carbocycles. The van der Waals surface area contributed by atoms with Crippen molar-refractivity contribution in [1.29, 1.82) is 0 Å². The number of carbonyl (C=O) groups excluding carboxylic acids is 1. The van der Waals surface area contributed by atoms with Gasteiger partial charge < -0.3 is 11.1 Å². The molecule has 90 valence electrons. The zero-order valence-electron chi connectivity index (χ0n) is 8.88. The summed E-state index contributed by atoms with van der Waals surface area (Å²) in [5, 5.41) is 15.8. The number of H-pyrrole nitrogens is 1. The molecule has 2 aromatic heterocycles. The van der Waals surface area contributed by atoms with E-state index in [9.17, 15) is 4.79 Å². The van der Waals surface area contributed by atoms with Gasteiger partial charge in [0.2, 0.25) is 11.5 Å². The Labute approximate surface area is 95.8 Å². The molecule has 0 saturated heterocycles. The predicted molar refractivity (Wildman–Crippen MR) is 55.7 cm³/mol. The highest BCUT2D eigenvalue weighted by molar-refractivity contribution is 5.95. The molecule has 0 radical (unpaired) electrons. The number of aromatic nitrogens is 5. The third kappa shape index (κ3) is 2.77. The Balaban J connectivity index is 1.72. The Morgan fingerprint density at radius 1 is 1.53 bits per heavy atom. The van der Waals surface area contributed by atoms with Crippen molar-refractivity contribution in [2.24, 2.45) is 0 Å². The summed E-state index contributed by atoms with van der Waals surface area (Å²) >= 11 is 0. The van der Waals surface area contributed by atoms with E-state index in [1.807, 2.05) is 0 Å². The Hall–Kier alpha value is -2.45. The van der Waals surface area contributed by atoms with Gasteiger partial charge in [-0.05, 0) is 16.7 Å². The van der Waals surface area contributed by atoms with E-state index in [1.54, 1.807) is 0 Å². The highest BCUT2D eigenvalue weighted by Gasteiger charge is 2.14. The molecule has 0 unspecified atom stereocenters. The van der Waals surface area contributed by atoms with E-state index in [0.717, 1.165) is 12.2 Å². The maximum atomic E-state index is 11.5. The molecule has 0 aliphatic rings. The van der Waals surface area contributed by atoms with Gasteiger partial charge in [0.25, 0.3) is 5.91 Å². The summed E-state index contributed by atoms with van der Waals surface area (Å²) in [6, 6.07) is 0. The number of anilines is 1. The van der Waals surface area contributed by atoms with Crippen molar-refractivity contribution in [3.8, 4) is 0 Å². The Bertz CT molecular complexity index is 478. The fourth-order valence-corrected chi connectivity index (χ4v) is 1.25. The van der Waals surface area contributed by atoms with Crippen LogP contribution in [0.15, 0.2) is 11.0 Å². The van der Waals surface area contributed by atoms with E-state index < -0.39 is 5.91 Å². The van der Waals surface area contributed by atoms with Crippen LogP contribution in [0.4, 0.5) is 5.82 Å². The van der Waals surface area contributed by atoms with Gasteiger partial charge >= 0.3 is 0 Å². The average Bonchev–Trinajstić information content (AvgIpc) is 2.95. The van der Waals surface area contributed by atoms with Gasteiger partial charge in [-0.15, -0.1) is 0 Å². The second-order valence-electron chi connectivity index (χ2n) is 3.29. The third-order valence-corrected chi connectivity index (χ3v) is 2.07. The first kappa shape index (κ1) is 11.0. The van der Waals surface area contributed by atoms with Crippen LogP contribution >= 0.6 is 0 Å². The lowest BCUT2D eigenvalue weighted by Crippen LogP contribution is -2.26. The minimum absolute atomic E-state index is 0.00432. The molecule has 0 saturated carbocycles. The maximum absolute atomic E-state index is 11.5. The van der Waals surface area contributed by atoms with E-state index in [-0.39, 0.29) is 11.5 Å². The van der Waals surface area contributed by atoms with Crippen molar-refractivity contribution in [2.45, 2.75) is 12.8 Å². The van der Waals surface area contributed by atoms with E-state index in [4.69, 9.17) is 5.73 Å². The topological polar surface area (TPSA) is 136 Å². The number of rotatable bonds is 5.